The zero-order chi connectivity index (χ0) is 12.4. The Hall–Kier alpha value is -1.00. The van der Waals surface area contributed by atoms with Crippen molar-refractivity contribution in [3.8, 4) is 0 Å². The van der Waals surface area contributed by atoms with Crippen LogP contribution in [0.4, 0.5) is 8.78 Å². The molecule has 0 bridgehead atoms. The lowest BCUT2D eigenvalue weighted by Crippen LogP contribution is -2.36. The first-order valence-corrected chi connectivity index (χ1v) is 5.91. The number of halogens is 2. The van der Waals surface area contributed by atoms with Crippen molar-refractivity contribution in [2.24, 2.45) is 5.73 Å². The first-order chi connectivity index (χ1) is 8.06. The Morgan fingerprint density at radius 2 is 2.18 bits per heavy atom. The molecule has 2 nitrogen and oxygen atoms in total. The summed E-state index contributed by atoms with van der Waals surface area (Å²) >= 11 is 0. The number of benzene rings is 1. The van der Waals surface area contributed by atoms with Gasteiger partial charge in [-0.05, 0) is 49.9 Å². The van der Waals surface area contributed by atoms with E-state index in [1.54, 1.807) is 0 Å². The average molecular weight is 241 g/mol. The molecule has 2 rings (SSSR count). The molecule has 0 aromatic heterocycles. The Labute approximate surface area is 99.8 Å². The monoisotopic (exact) mass is 241 g/mol. The number of hydrogen-bond donors (Lipinski definition) is 1. The van der Waals surface area contributed by atoms with Crippen molar-refractivity contribution in [3.05, 3.63) is 35.4 Å². The number of ether oxygens (including phenoxy) is 1. The van der Waals surface area contributed by atoms with E-state index in [1.165, 1.54) is 6.07 Å². The fourth-order valence-electron chi connectivity index (χ4n) is 2.23. The van der Waals surface area contributed by atoms with Crippen LogP contribution in [0.25, 0.3) is 0 Å². The van der Waals surface area contributed by atoms with Gasteiger partial charge in [0.15, 0.2) is 0 Å². The minimum atomic E-state index is -0.436. The third kappa shape index (κ3) is 3.01. The van der Waals surface area contributed by atoms with Gasteiger partial charge in [0.2, 0.25) is 0 Å². The molecule has 2 N–H and O–H groups in total. The molecule has 3 unspecified atom stereocenters. The molecule has 1 heterocycles. The zero-order valence-electron chi connectivity index (χ0n) is 9.83. The highest BCUT2D eigenvalue weighted by Gasteiger charge is 2.27. The second-order valence-electron chi connectivity index (χ2n) is 4.67. The molecule has 4 heteroatoms. The molecule has 0 amide bonds. The van der Waals surface area contributed by atoms with Gasteiger partial charge in [-0.25, -0.2) is 8.78 Å². The van der Waals surface area contributed by atoms with Crippen molar-refractivity contribution in [2.45, 2.75) is 44.4 Å². The standard InChI is InChI=1S/C13H17F2NO/c1-8-2-5-13(17-8)12(16)7-9-6-10(14)3-4-11(9)15/h3-4,6,8,12-13H,2,5,7,16H2,1H3. The quantitative estimate of drug-likeness (QED) is 0.882. The third-order valence-corrected chi connectivity index (χ3v) is 3.21. The van der Waals surface area contributed by atoms with Gasteiger partial charge in [0, 0.05) is 6.04 Å². The van der Waals surface area contributed by atoms with Crippen molar-refractivity contribution >= 4 is 0 Å². The fraction of sp³-hybridized carbons (Fsp3) is 0.538. The Morgan fingerprint density at radius 1 is 1.41 bits per heavy atom. The molecule has 1 saturated heterocycles. The van der Waals surface area contributed by atoms with Gasteiger partial charge in [-0.15, -0.1) is 0 Å². The van der Waals surface area contributed by atoms with Crippen molar-refractivity contribution in [3.63, 3.8) is 0 Å². The van der Waals surface area contributed by atoms with E-state index in [0.717, 1.165) is 25.0 Å². The lowest BCUT2D eigenvalue weighted by Gasteiger charge is -2.19. The maximum Gasteiger partial charge on any atom is 0.126 e. The summed E-state index contributed by atoms with van der Waals surface area (Å²) in [6.45, 7) is 2.00. The van der Waals surface area contributed by atoms with Crippen molar-refractivity contribution < 1.29 is 13.5 Å². The first kappa shape index (κ1) is 12.5. The molecule has 94 valence electrons. The second kappa shape index (κ2) is 5.10. The van der Waals surface area contributed by atoms with Crippen LogP contribution in [0.5, 0.6) is 0 Å². The maximum atomic E-state index is 13.4. The summed E-state index contributed by atoms with van der Waals surface area (Å²) in [7, 11) is 0. The van der Waals surface area contributed by atoms with Gasteiger partial charge in [-0.2, -0.15) is 0 Å². The summed E-state index contributed by atoms with van der Waals surface area (Å²) < 4.78 is 32.1. The molecule has 17 heavy (non-hydrogen) atoms. The third-order valence-electron chi connectivity index (χ3n) is 3.21. The van der Waals surface area contributed by atoms with E-state index in [1.807, 2.05) is 6.92 Å². The van der Waals surface area contributed by atoms with Crippen LogP contribution in [0, 0.1) is 11.6 Å². The number of hydrogen-bond acceptors (Lipinski definition) is 2. The molecule has 1 aliphatic rings. The number of rotatable bonds is 3. The molecular formula is C13H17F2NO. The number of nitrogens with two attached hydrogens (primary N) is 1. The summed E-state index contributed by atoms with van der Waals surface area (Å²) in [5, 5.41) is 0. The topological polar surface area (TPSA) is 35.2 Å². The molecule has 0 radical (unpaired) electrons. The fourth-order valence-corrected chi connectivity index (χ4v) is 2.23. The Kier molecular flexibility index (Phi) is 3.74. The van der Waals surface area contributed by atoms with Crippen LogP contribution in [-0.2, 0) is 11.2 Å². The first-order valence-electron chi connectivity index (χ1n) is 5.91. The lowest BCUT2D eigenvalue weighted by atomic mass is 9.99. The van der Waals surface area contributed by atoms with Crippen molar-refractivity contribution in [1.29, 1.82) is 0 Å². The minimum absolute atomic E-state index is 0.0485. The molecule has 1 aliphatic heterocycles. The van der Waals surface area contributed by atoms with Gasteiger partial charge in [0.1, 0.15) is 11.6 Å². The van der Waals surface area contributed by atoms with Gasteiger partial charge in [-0.3, -0.25) is 0 Å². The highest BCUT2D eigenvalue weighted by Crippen LogP contribution is 2.23. The van der Waals surface area contributed by atoms with Gasteiger partial charge < -0.3 is 10.5 Å². The Balaban J connectivity index is 2.02. The van der Waals surface area contributed by atoms with E-state index in [9.17, 15) is 8.78 Å². The van der Waals surface area contributed by atoms with Gasteiger partial charge in [0.05, 0.1) is 12.2 Å². The molecular weight excluding hydrogens is 224 g/mol. The highest BCUT2D eigenvalue weighted by molar-refractivity contribution is 5.20. The zero-order valence-corrected chi connectivity index (χ0v) is 9.83. The van der Waals surface area contributed by atoms with Crippen LogP contribution < -0.4 is 5.73 Å². The van der Waals surface area contributed by atoms with Crippen molar-refractivity contribution in [2.75, 3.05) is 0 Å². The van der Waals surface area contributed by atoms with Crippen LogP contribution in [0.2, 0.25) is 0 Å². The van der Waals surface area contributed by atoms with Crippen LogP contribution in [0.3, 0.4) is 0 Å². The van der Waals surface area contributed by atoms with Crippen LogP contribution in [0.1, 0.15) is 25.3 Å². The van der Waals surface area contributed by atoms with E-state index in [2.05, 4.69) is 0 Å². The SMILES string of the molecule is CC1CCC(C(N)Cc2cc(F)ccc2F)O1. The summed E-state index contributed by atoms with van der Waals surface area (Å²) in [5.41, 5.74) is 6.30. The highest BCUT2D eigenvalue weighted by atomic mass is 19.1. The maximum absolute atomic E-state index is 13.4. The van der Waals surface area contributed by atoms with E-state index in [0.29, 0.717) is 12.0 Å². The molecule has 1 aromatic rings. The molecule has 1 fully saturated rings. The lowest BCUT2D eigenvalue weighted by molar-refractivity contribution is 0.0403. The summed E-state index contributed by atoms with van der Waals surface area (Å²) in [4.78, 5) is 0. The largest absolute Gasteiger partial charge is 0.374 e. The average Bonchev–Trinajstić information content (AvgIpc) is 2.70. The van der Waals surface area contributed by atoms with E-state index < -0.39 is 11.6 Å². The molecule has 0 spiro atoms. The Morgan fingerprint density at radius 3 is 2.82 bits per heavy atom. The van der Waals surface area contributed by atoms with Crippen molar-refractivity contribution in [1.82, 2.24) is 0 Å². The normalized spacial score (nSPS) is 26.1. The minimum Gasteiger partial charge on any atom is -0.374 e. The molecule has 0 saturated carbocycles. The van der Waals surface area contributed by atoms with Crippen LogP contribution >= 0.6 is 0 Å². The van der Waals surface area contributed by atoms with Gasteiger partial charge >= 0.3 is 0 Å². The smallest absolute Gasteiger partial charge is 0.126 e. The van der Waals surface area contributed by atoms with Gasteiger partial charge in [0.25, 0.3) is 0 Å². The molecule has 1 aromatic carbocycles. The predicted molar refractivity (Wildman–Crippen MR) is 61.6 cm³/mol. The van der Waals surface area contributed by atoms with Gasteiger partial charge in [-0.1, -0.05) is 0 Å². The van der Waals surface area contributed by atoms with E-state index in [4.69, 9.17) is 10.5 Å². The molecule has 3 atom stereocenters. The second-order valence-corrected chi connectivity index (χ2v) is 4.67. The predicted octanol–water partition coefficient (Wildman–Crippen LogP) is 2.40. The summed E-state index contributed by atoms with van der Waals surface area (Å²) in [5.74, 6) is -0.845. The summed E-state index contributed by atoms with van der Waals surface area (Å²) in [6.07, 6.45) is 2.33. The Bertz CT molecular complexity index is 397. The summed E-state index contributed by atoms with van der Waals surface area (Å²) in [6, 6.07) is 3.16. The molecule has 0 aliphatic carbocycles. The van der Waals surface area contributed by atoms with Crippen LogP contribution in [0.15, 0.2) is 18.2 Å². The van der Waals surface area contributed by atoms with E-state index >= 15 is 0 Å². The van der Waals surface area contributed by atoms with E-state index in [-0.39, 0.29) is 18.2 Å². The van der Waals surface area contributed by atoms with Crippen LogP contribution in [-0.4, -0.2) is 18.2 Å².